The molecule has 9 aromatic carbocycles. The third-order valence-electron chi connectivity index (χ3n) is 11.1. The molecule has 0 saturated carbocycles. The van der Waals surface area contributed by atoms with Crippen LogP contribution in [0.25, 0.3) is 111 Å². The quantitative estimate of drug-likeness (QED) is 0.163. The Bertz CT molecular complexity index is 3320. The molecule has 11 rings (SSSR count). The van der Waals surface area contributed by atoms with E-state index < -0.39 is 0 Å². The zero-order valence-electron chi connectivity index (χ0n) is 32.0. The highest BCUT2D eigenvalue weighted by atomic mass is 16.3. The number of hydrogen-bond donors (Lipinski definition) is 0. The fourth-order valence-electron chi connectivity index (χ4n) is 8.12. The molecule has 0 radical (unpaired) electrons. The van der Waals surface area contributed by atoms with Crippen LogP contribution >= 0.6 is 0 Å². The van der Waals surface area contributed by atoms with E-state index in [-0.39, 0.29) is 0 Å². The SMILES string of the molecule is c1ccc(-c2ccc(-c3cccc4oc5cc(-c6nc(-c7cccc(-c8ccccc8)c7)nc(-c7cccc(-c8ccc9ccccc9c8)c7)n6)ccc5c34)cc2)cc1. The smallest absolute Gasteiger partial charge is 0.164 e. The minimum Gasteiger partial charge on any atom is -0.456 e. The number of hydrogen-bond acceptors (Lipinski definition) is 4. The van der Waals surface area contributed by atoms with E-state index >= 15 is 0 Å². The van der Waals surface area contributed by atoms with Gasteiger partial charge in [-0.1, -0.05) is 176 Å². The Morgan fingerprint density at radius 2 is 0.729 bits per heavy atom. The van der Waals surface area contributed by atoms with Crippen molar-refractivity contribution in [1.82, 2.24) is 15.0 Å². The van der Waals surface area contributed by atoms with Gasteiger partial charge in [-0.05, 0) is 91.7 Å². The van der Waals surface area contributed by atoms with Crippen molar-refractivity contribution >= 4 is 32.7 Å². The molecule has 0 aliphatic rings. The number of rotatable bonds is 7. The number of nitrogens with zero attached hydrogens (tertiary/aromatic N) is 3. The average molecular weight is 754 g/mol. The zero-order chi connectivity index (χ0) is 39.1. The second-order valence-electron chi connectivity index (χ2n) is 14.8. The molecular weight excluding hydrogens is 719 g/mol. The fourth-order valence-corrected chi connectivity index (χ4v) is 8.12. The van der Waals surface area contributed by atoms with Crippen LogP contribution in [0, 0.1) is 0 Å². The molecule has 0 atom stereocenters. The van der Waals surface area contributed by atoms with Crippen molar-refractivity contribution in [2.45, 2.75) is 0 Å². The molecule has 0 aliphatic carbocycles. The first-order valence-corrected chi connectivity index (χ1v) is 19.8. The molecule has 59 heavy (non-hydrogen) atoms. The normalized spacial score (nSPS) is 11.4. The van der Waals surface area contributed by atoms with E-state index in [1.807, 2.05) is 18.2 Å². The third kappa shape index (κ3) is 6.53. The summed E-state index contributed by atoms with van der Waals surface area (Å²) in [6.45, 7) is 0. The number of furan rings is 1. The van der Waals surface area contributed by atoms with E-state index in [2.05, 4.69) is 194 Å². The second-order valence-corrected chi connectivity index (χ2v) is 14.8. The first kappa shape index (κ1) is 34.3. The van der Waals surface area contributed by atoms with Gasteiger partial charge in [0.25, 0.3) is 0 Å². The molecule has 11 aromatic rings. The molecule has 0 amide bonds. The van der Waals surface area contributed by atoms with E-state index in [1.165, 1.54) is 21.9 Å². The molecule has 0 unspecified atom stereocenters. The van der Waals surface area contributed by atoms with Gasteiger partial charge in [0.1, 0.15) is 11.2 Å². The van der Waals surface area contributed by atoms with E-state index in [9.17, 15) is 0 Å². The Morgan fingerprint density at radius 3 is 1.41 bits per heavy atom. The highest BCUT2D eigenvalue weighted by Gasteiger charge is 2.18. The van der Waals surface area contributed by atoms with Crippen LogP contribution in [0.2, 0.25) is 0 Å². The molecule has 0 N–H and O–H groups in total. The third-order valence-corrected chi connectivity index (χ3v) is 11.1. The predicted octanol–water partition coefficient (Wildman–Crippen LogP) is 14.6. The van der Waals surface area contributed by atoms with Crippen molar-refractivity contribution < 1.29 is 4.42 Å². The summed E-state index contributed by atoms with van der Waals surface area (Å²) in [4.78, 5) is 15.4. The number of benzene rings is 9. The van der Waals surface area contributed by atoms with Crippen molar-refractivity contribution in [3.05, 3.63) is 212 Å². The Balaban J connectivity index is 1.03. The van der Waals surface area contributed by atoms with Crippen LogP contribution in [-0.2, 0) is 0 Å². The fraction of sp³-hybridized carbons (Fsp3) is 0. The number of aromatic nitrogens is 3. The lowest BCUT2D eigenvalue weighted by Crippen LogP contribution is -2.00. The summed E-state index contributed by atoms with van der Waals surface area (Å²) in [5.41, 5.74) is 13.4. The lowest BCUT2D eigenvalue weighted by Gasteiger charge is -2.11. The minimum atomic E-state index is 0.574. The van der Waals surface area contributed by atoms with Crippen molar-refractivity contribution in [3.8, 4) is 78.7 Å². The van der Waals surface area contributed by atoms with E-state index in [0.29, 0.717) is 17.5 Å². The highest BCUT2D eigenvalue weighted by Crippen LogP contribution is 2.39. The Hall–Kier alpha value is -7.95. The van der Waals surface area contributed by atoms with Gasteiger partial charge in [-0.2, -0.15) is 0 Å². The van der Waals surface area contributed by atoms with Gasteiger partial charge in [0, 0.05) is 27.5 Å². The van der Waals surface area contributed by atoms with Gasteiger partial charge in [-0.25, -0.2) is 15.0 Å². The first-order chi connectivity index (χ1) is 29.2. The number of fused-ring (bicyclic) bond motifs is 4. The van der Waals surface area contributed by atoms with Gasteiger partial charge in [0.2, 0.25) is 0 Å². The lowest BCUT2D eigenvalue weighted by atomic mass is 9.96. The molecule has 0 aliphatic heterocycles. The maximum absolute atomic E-state index is 6.59. The first-order valence-electron chi connectivity index (χ1n) is 19.8. The van der Waals surface area contributed by atoms with Gasteiger partial charge in [-0.3, -0.25) is 0 Å². The van der Waals surface area contributed by atoms with Crippen molar-refractivity contribution in [2.24, 2.45) is 0 Å². The molecule has 0 spiro atoms. The summed E-state index contributed by atoms with van der Waals surface area (Å²) >= 11 is 0. The van der Waals surface area contributed by atoms with E-state index in [1.54, 1.807) is 0 Å². The van der Waals surface area contributed by atoms with Crippen LogP contribution in [0.3, 0.4) is 0 Å². The topological polar surface area (TPSA) is 51.8 Å². The minimum absolute atomic E-state index is 0.574. The predicted molar refractivity (Wildman–Crippen MR) is 243 cm³/mol. The molecule has 0 saturated heterocycles. The maximum Gasteiger partial charge on any atom is 0.164 e. The van der Waals surface area contributed by atoms with Crippen LogP contribution in [0.1, 0.15) is 0 Å². The Labute approximate surface area is 341 Å². The maximum atomic E-state index is 6.59. The van der Waals surface area contributed by atoms with Gasteiger partial charge in [0.05, 0.1) is 0 Å². The van der Waals surface area contributed by atoms with Gasteiger partial charge in [-0.15, -0.1) is 0 Å². The molecular formula is C55H35N3O. The van der Waals surface area contributed by atoms with Crippen LogP contribution < -0.4 is 0 Å². The van der Waals surface area contributed by atoms with Gasteiger partial charge in [0.15, 0.2) is 17.5 Å². The molecule has 4 nitrogen and oxygen atoms in total. The van der Waals surface area contributed by atoms with Crippen LogP contribution in [0.4, 0.5) is 0 Å². The monoisotopic (exact) mass is 753 g/mol. The molecule has 2 aromatic heterocycles. The Kier molecular flexibility index (Phi) is 8.45. The summed E-state index contributed by atoms with van der Waals surface area (Å²) in [6.07, 6.45) is 0. The standard InChI is InChI=1S/C55H35N3O/c1-3-12-36(13-4-1)39-24-27-40(28-25-39)48-22-11-23-50-52(48)49-31-30-47(35-51(49)59-50)55-57-53(45-20-9-18-42(33-45)37-14-5-2-6-15-37)56-54(58-55)46-21-10-19-43(34-46)44-29-26-38-16-7-8-17-41(38)32-44/h1-35H. The molecule has 276 valence electrons. The van der Waals surface area contributed by atoms with Crippen molar-refractivity contribution in [3.63, 3.8) is 0 Å². The molecule has 2 heterocycles. The highest BCUT2D eigenvalue weighted by molar-refractivity contribution is 6.13. The zero-order valence-corrected chi connectivity index (χ0v) is 32.0. The van der Waals surface area contributed by atoms with Crippen molar-refractivity contribution in [2.75, 3.05) is 0 Å². The summed E-state index contributed by atoms with van der Waals surface area (Å²) in [7, 11) is 0. The van der Waals surface area contributed by atoms with E-state index in [4.69, 9.17) is 19.4 Å². The summed E-state index contributed by atoms with van der Waals surface area (Å²) < 4.78 is 6.59. The second kappa shape index (κ2) is 14.5. The lowest BCUT2D eigenvalue weighted by molar-refractivity contribution is 0.669. The van der Waals surface area contributed by atoms with Gasteiger partial charge >= 0.3 is 0 Å². The summed E-state index contributed by atoms with van der Waals surface area (Å²) in [5.74, 6) is 1.78. The largest absolute Gasteiger partial charge is 0.456 e. The van der Waals surface area contributed by atoms with E-state index in [0.717, 1.165) is 72.0 Å². The van der Waals surface area contributed by atoms with Crippen LogP contribution in [0.5, 0.6) is 0 Å². The summed E-state index contributed by atoms with van der Waals surface area (Å²) in [5, 5.41) is 4.54. The van der Waals surface area contributed by atoms with Crippen LogP contribution in [-0.4, -0.2) is 15.0 Å². The Morgan fingerprint density at radius 1 is 0.271 bits per heavy atom. The summed E-state index contributed by atoms with van der Waals surface area (Å²) in [6, 6.07) is 74.1. The average Bonchev–Trinajstić information content (AvgIpc) is 3.70. The van der Waals surface area contributed by atoms with Gasteiger partial charge < -0.3 is 4.42 Å². The molecule has 4 heteroatoms. The van der Waals surface area contributed by atoms with Crippen molar-refractivity contribution in [1.29, 1.82) is 0 Å². The molecule has 0 bridgehead atoms. The van der Waals surface area contributed by atoms with Crippen LogP contribution in [0.15, 0.2) is 217 Å². The molecule has 0 fully saturated rings.